The maximum atomic E-state index is 11.7. The molecule has 0 atom stereocenters. The zero-order valence-electron chi connectivity index (χ0n) is 7.24. The molecule has 0 saturated carbocycles. The molecular weight excluding hydrogens is 165 g/mol. The summed E-state index contributed by atoms with van der Waals surface area (Å²) in [6.45, 7) is 0. The SMILES string of the molecule is CN(C)P(=O)(NC=O)N(C)C. The fourth-order valence-corrected chi connectivity index (χ4v) is 1.97. The highest BCUT2D eigenvalue weighted by Crippen LogP contribution is 2.43. The second-order valence-corrected chi connectivity index (χ2v) is 5.43. The first-order valence-electron chi connectivity index (χ1n) is 3.12. The largest absolute Gasteiger partial charge is 0.309 e. The fraction of sp³-hybridized carbons (Fsp3) is 0.800. The second-order valence-electron chi connectivity index (χ2n) is 2.49. The highest BCUT2D eigenvalue weighted by molar-refractivity contribution is 7.57. The molecule has 0 bridgehead atoms. The summed E-state index contributed by atoms with van der Waals surface area (Å²) in [7, 11) is 3.79. The molecule has 0 saturated heterocycles. The van der Waals surface area contributed by atoms with Crippen molar-refractivity contribution in [2.24, 2.45) is 0 Å². The molecule has 0 rings (SSSR count). The summed E-state index contributed by atoms with van der Waals surface area (Å²) in [5, 5.41) is 2.28. The maximum Gasteiger partial charge on any atom is 0.309 e. The van der Waals surface area contributed by atoms with E-state index in [1.807, 2.05) is 0 Å². The number of hydrogen-bond donors (Lipinski definition) is 1. The van der Waals surface area contributed by atoms with Gasteiger partial charge in [-0.15, -0.1) is 0 Å². The smallest absolute Gasteiger partial charge is 0.285 e. The summed E-state index contributed by atoms with van der Waals surface area (Å²) in [5.74, 6) is 0. The molecule has 0 unspecified atom stereocenters. The Labute approximate surface area is 66.9 Å². The summed E-state index contributed by atoms with van der Waals surface area (Å²) >= 11 is 0. The van der Waals surface area contributed by atoms with Crippen LogP contribution in [0.2, 0.25) is 0 Å². The fourth-order valence-electron chi connectivity index (χ4n) is 0.657. The van der Waals surface area contributed by atoms with Crippen molar-refractivity contribution in [1.82, 2.24) is 14.4 Å². The highest BCUT2D eigenvalue weighted by Gasteiger charge is 2.26. The van der Waals surface area contributed by atoms with E-state index in [0.29, 0.717) is 6.41 Å². The van der Waals surface area contributed by atoms with Crippen LogP contribution in [-0.2, 0) is 9.36 Å². The number of carbonyl (C=O) groups is 1. The van der Waals surface area contributed by atoms with Crippen molar-refractivity contribution in [2.75, 3.05) is 28.2 Å². The number of nitrogens with zero attached hydrogens (tertiary/aromatic N) is 2. The first-order chi connectivity index (χ1) is 4.95. The predicted molar refractivity (Wildman–Crippen MR) is 44.2 cm³/mol. The van der Waals surface area contributed by atoms with Crippen LogP contribution in [0.25, 0.3) is 0 Å². The number of nitrogens with one attached hydrogen (secondary N) is 1. The number of carbonyl (C=O) groups excluding carboxylic acids is 1. The van der Waals surface area contributed by atoms with E-state index in [1.54, 1.807) is 28.2 Å². The molecule has 6 heteroatoms. The van der Waals surface area contributed by atoms with Crippen molar-refractivity contribution in [3.8, 4) is 0 Å². The summed E-state index contributed by atoms with van der Waals surface area (Å²) in [4.78, 5) is 10.1. The molecule has 0 aliphatic heterocycles. The first-order valence-corrected chi connectivity index (χ1v) is 4.73. The number of amides is 1. The molecule has 1 amide bonds. The molecule has 0 aromatic carbocycles. The van der Waals surface area contributed by atoms with Crippen LogP contribution >= 0.6 is 7.59 Å². The van der Waals surface area contributed by atoms with Gasteiger partial charge in [0.2, 0.25) is 6.41 Å². The molecule has 0 aromatic rings. The second kappa shape index (κ2) is 3.85. The molecule has 0 heterocycles. The van der Waals surface area contributed by atoms with E-state index in [-0.39, 0.29) is 0 Å². The molecule has 1 N–H and O–H groups in total. The van der Waals surface area contributed by atoms with Gasteiger partial charge >= 0.3 is 7.59 Å². The molecule has 0 fully saturated rings. The van der Waals surface area contributed by atoms with Crippen LogP contribution in [0.4, 0.5) is 0 Å². The lowest BCUT2D eigenvalue weighted by atomic mass is 11.3. The average molecular weight is 179 g/mol. The Morgan fingerprint density at radius 2 is 1.55 bits per heavy atom. The normalized spacial score (nSPS) is 12.2. The zero-order valence-corrected chi connectivity index (χ0v) is 8.13. The summed E-state index contributed by atoms with van der Waals surface area (Å²) in [6.07, 6.45) is 0.445. The topological polar surface area (TPSA) is 52.7 Å². The van der Waals surface area contributed by atoms with Crippen molar-refractivity contribution >= 4 is 14.0 Å². The summed E-state index contributed by atoms with van der Waals surface area (Å²) < 4.78 is 14.7. The minimum atomic E-state index is -2.81. The van der Waals surface area contributed by atoms with E-state index in [1.165, 1.54) is 9.34 Å². The molecule has 0 aliphatic rings. The van der Waals surface area contributed by atoms with Crippen LogP contribution < -0.4 is 5.09 Å². The third-order valence-corrected chi connectivity index (χ3v) is 3.92. The van der Waals surface area contributed by atoms with Gasteiger partial charge in [0.15, 0.2) is 0 Å². The van der Waals surface area contributed by atoms with Gasteiger partial charge in [-0.2, -0.15) is 0 Å². The van der Waals surface area contributed by atoms with Crippen LogP contribution in [0, 0.1) is 0 Å². The Bertz CT molecular complexity index is 169. The Morgan fingerprint density at radius 1 is 1.18 bits per heavy atom. The van der Waals surface area contributed by atoms with E-state index < -0.39 is 7.59 Å². The van der Waals surface area contributed by atoms with Gasteiger partial charge in [0.05, 0.1) is 0 Å². The number of rotatable bonds is 4. The zero-order chi connectivity index (χ0) is 9.07. The molecule has 0 spiro atoms. The molecule has 0 aromatic heterocycles. The standard InChI is InChI=1S/C5H14N3O2P/c1-7(2)11(10,6-5-9)8(3)4/h5H,1-4H3,(H,6,9,10). The average Bonchev–Trinajstić information content (AvgIpc) is 1.87. The van der Waals surface area contributed by atoms with Crippen molar-refractivity contribution in [2.45, 2.75) is 0 Å². The highest BCUT2D eigenvalue weighted by atomic mass is 31.2. The van der Waals surface area contributed by atoms with Crippen LogP contribution in [0.15, 0.2) is 0 Å². The summed E-state index contributed by atoms with van der Waals surface area (Å²) in [5.41, 5.74) is 0. The number of hydrogen-bond acceptors (Lipinski definition) is 2. The van der Waals surface area contributed by atoms with E-state index in [4.69, 9.17) is 0 Å². The van der Waals surface area contributed by atoms with Gasteiger partial charge < -0.3 is 0 Å². The van der Waals surface area contributed by atoms with E-state index in [9.17, 15) is 9.36 Å². The van der Waals surface area contributed by atoms with Gasteiger partial charge in [-0.05, 0) is 28.2 Å². The maximum absolute atomic E-state index is 11.7. The molecule has 11 heavy (non-hydrogen) atoms. The lowest BCUT2D eigenvalue weighted by molar-refractivity contribution is -0.108. The van der Waals surface area contributed by atoms with Gasteiger partial charge in [-0.3, -0.25) is 14.4 Å². The van der Waals surface area contributed by atoms with Crippen molar-refractivity contribution < 1.29 is 9.36 Å². The first kappa shape index (κ1) is 10.6. The third kappa shape index (κ3) is 2.29. The van der Waals surface area contributed by atoms with Gasteiger partial charge in [-0.1, -0.05) is 0 Å². The van der Waals surface area contributed by atoms with Gasteiger partial charge in [0.25, 0.3) is 0 Å². The lowest BCUT2D eigenvalue weighted by Gasteiger charge is -2.28. The van der Waals surface area contributed by atoms with E-state index in [0.717, 1.165) is 0 Å². The van der Waals surface area contributed by atoms with Crippen LogP contribution in [0.1, 0.15) is 0 Å². The third-order valence-electron chi connectivity index (χ3n) is 1.31. The van der Waals surface area contributed by atoms with Gasteiger partial charge in [0, 0.05) is 0 Å². The molecular formula is C5H14N3O2P. The molecule has 0 aliphatic carbocycles. The molecule has 0 radical (unpaired) electrons. The summed E-state index contributed by atoms with van der Waals surface area (Å²) in [6, 6.07) is 0. The van der Waals surface area contributed by atoms with Gasteiger partial charge in [-0.25, -0.2) is 9.34 Å². The van der Waals surface area contributed by atoms with Crippen LogP contribution in [-0.4, -0.2) is 43.9 Å². The van der Waals surface area contributed by atoms with E-state index in [2.05, 4.69) is 5.09 Å². The minimum absolute atomic E-state index is 0.445. The predicted octanol–water partition coefficient (Wildman–Crippen LogP) is -0.0363. The van der Waals surface area contributed by atoms with Crippen molar-refractivity contribution in [3.05, 3.63) is 0 Å². The Balaban J connectivity index is 4.53. The molecule has 5 nitrogen and oxygen atoms in total. The lowest BCUT2D eigenvalue weighted by Crippen LogP contribution is -2.30. The van der Waals surface area contributed by atoms with Crippen molar-refractivity contribution in [3.63, 3.8) is 0 Å². The monoisotopic (exact) mass is 179 g/mol. The van der Waals surface area contributed by atoms with Gasteiger partial charge in [0.1, 0.15) is 0 Å². The Hall–Kier alpha value is -0.380. The van der Waals surface area contributed by atoms with Crippen LogP contribution in [0.3, 0.4) is 0 Å². The Kier molecular flexibility index (Phi) is 3.72. The van der Waals surface area contributed by atoms with E-state index >= 15 is 0 Å². The minimum Gasteiger partial charge on any atom is -0.285 e. The molecule has 66 valence electrons. The van der Waals surface area contributed by atoms with Crippen LogP contribution in [0.5, 0.6) is 0 Å². The quantitative estimate of drug-likeness (QED) is 0.486. The Morgan fingerprint density at radius 3 is 1.64 bits per heavy atom. The van der Waals surface area contributed by atoms with Crippen molar-refractivity contribution in [1.29, 1.82) is 0 Å².